The molecule has 0 saturated heterocycles. The molecule has 0 rings (SSSR count). The van der Waals surface area contributed by atoms with Crippen LogP contribution in [0.1, 0.15) is 20.8 Å². The maximum Gasteiger partial charge on any atom is 0.340 e. The highest BCUT2D eigenvalue weighted by Gasteiger charge is 2.34. The number of halogens is 1. The van der Waals surface area contributed by atoms with Crippen LogP contribution in [0.3, 0.4) is 0 Å². The van der Waals surface area contributed by atoms with Crippen LogP contribution in [0, 0.1) is 0 Å². The Hall–Kier alpha value is 0.0849. The molecule has 0 aliphatic carbocycles. The highest BCUT2D eigenvalue weighted by atomic mass is 35.5. The van der Waals surface area contributed by atoms with Gasteiger partial charge in [-0.05, 0) is 41.1 Å². The van der Waals surface area contributed by atoms with E-state index in [1.54, 1.807) is 20.8 Å². The lowest BCUT2D eigenvalue weighted by molar-refractivity contribution is -0.152. The van der Waals surface area contributed by atoms with Gasteiger partial charge < -0.3 is 8.92 Å². The minimum Gasteiger partial charge on any atom is -0.458 e. The number of ether oxygens (including phenoxy) is 1. The van der Waals surface area contributed by atoms with Crippen LogP contribution in [0.25, 0.3) is 0 Å². The Bertz CT molecular complexity index is 413. The van der Waals surface area contributed by atoms with Gasteiger partial charge in [0.25, 0.3) is 0 Å². The predicted octanol–water partition coefficient (Wildman–Crippen LogP) is 0.563. The molecule has 0 bridgehead atoms. The molecule has 0 amide bonds. The van der Waals surface area contributed by atoms with Gasteiger partial charge in [-0.3, -0.25) is 0 Å². The zero-order chi connectivity index (χ0) is 16.0. The zero-order valence-corrected chi connectivity index (χ0v) is 12.9. The van der Waals surface area contributed by atoms with Crippen molar-refractivity contribution in [3.05, 3.63) is 0 Å². The van der Waals surface area contributed by atoms with Crippen molar-refractivity contribution in [3.63, 3.8) is 0 Å². The molecular weight excluding hydrogens is 298 g/mol. The van der Waals surface area contributed by atoms with Gasteiger partial charge in [-0.25, -0.2) is 13.2 Å². The third kappa shape index (κ3) is 7.50. The third-order valence-corrected chi connectivity index (χ3v) is 4.53. The van der Waals surface area contributed by atoms with Crippen molar-refractivity contribution in [3.8, 4) is 0 Å². The second kappa shape index (κ2) is 7.62. The van der Waals surface area contributed by atoms with E-state index >= 15 is 0 Å². The lowest BCUT2D eigenvalue weighted by Crippen LogP contribution is -2.35. The van der Waals surface area contributed by atoms with Crippen molar-refractivity contribution in [2.45, 2.75) is 31.1 Å². The van der Waals surface area contributed by atoms with E-state index < -0.39 is 39.6 Å². The Morgan fingerprint density at radius 2 is 2.28 bits per heavy atom. The average Bonchev–Trinajstić information content (AvgIpc) is 2.24. The van der Waals surface area contributed by atoms with Crippen molar-refractivity contribution in [1.29, 1.82) is 2.67 Å². The van der Waals surface area contributed by atoms with E-state index in [2.05, 4.69) is 0 Å². The summed E-state index contributed by atoms with van der Waals surface area (Å²) >= 11 is 6.44. The van der Waals surface area contributed by atoms with Crippen LogP contribution in [0.2, 0.25) is 0 Å². The maximum atomic E-state index is 11.8. The van der Waals surface area contributed by atoms with Gasteiger partial charge in [-0.2, -0.15) is 0 Å². The highest BCUT2D eigenvalue weighted by Crippen LogP contribution is 2.16. The molecule has 0 fully saturated rings. The number of carbonyl (C=O) groups is 1. The number of hydrogen-bond acceptors (Lipinski definition) is 6. The molecule has 1 atom stereocenters. The van der Waals surface area contributed by atoms with Crippen molar-refractivity contribution in [1.82, 2.24) is 0 Å². The Kier molecular flexibility index (Phi) is 6.14. The molecule has 0 aromatic carbocycles. The SMILES string of the molecule is [2H]B([3H])CSOCCS(=O)(=O)C(Cl)C(=O)OC(C)(C)C. The maximum absolute atomic E-state index is 11.8. The van der Waals surface area contributed by atoms with Gasteiger partial charge in [0.1, 0.15) is 13.4 Å². The van der Waals surface area contributed by atoms with Gasteiger partial charge >= 0.3 is 5.97 Å². The van der Waals surface area contributed by atoms with Crippen LogP contribution in [-0.2, 0) is 23.6 Å². The van der Waals surface area contributed by atoms with Crippen LogP contribution in [0.15, 0.2) is 0 Å². The van der Waals surface area contributed by atoms with E-state index in [1.807, 2.05) is 0 Å². The van der Waals surface area contributed by atoms with Crippen molar-refractivity contribution in [2.24, 2.45) is 0 Å². The lowest BCUT2D eigenvalue weighted by atomic mass is 10.2. The van der Waals surface area contributed by atoms with Gasteiger partial charge in [-0.15, -0.1) is 0 Å². The summed E-state index contributed by atoms with van der Waals surface area (Å²) < 4.78 is 45.4. The van der Waals surface area contributed by atoms with Gasteiger partial charge in [-0.1, -0.05) is 11.6 Å². The molecule has 9 heteroatoms. The number of rotatable bonds is 8. The summed E-state index contributed by atoms with van der Waals surface area (Å²) in [5.74, 6) is -1.45. The lowest BCUT2D eigenvalue weighted by Gasteiger charge is -2.21. The standard InChI is InChI=1S/C9H18BClO5S2/c1-9(2,3)16-8(12)7(11)18(13,14)5-4-15-17-6-10/h7H,4-6,10H2,1-3H3/i10TD. The predicted molar refractivity (Wildman–Crippen MR) is 76.2 cm³/mol. The monoisotopic (exact) mass is 319 g/mol. The summed E-state index contributed by atoms with van der Waals surface area (Å²) in [6.07, 6.45) is 0. The first-order valence-electron chi connectivity index (χ1n) is 6.28. The van der Waals surface area contributed by atoms with Gasteiger partial charge in [0.05, 0.1) is 12.4 Å². The fraction of sp³-hybridized carbons (Fsp3) is 0.889. The van der Waals surface area contributed by atoms with E-state index in [9.17, 15) is 13.2 Å². The summed E-state index contributed by atoms with van der Waals surface area (Å²) in [5, 5.41) is 0. The summed E-state index contributed by atoms with van der Waals surface area (Å²) in [6.45, 7) is 4.66. The normalized spacial score (nSPS) is 15.6. The molecule has 1 unspecified atom stereocenters. The van der Waals surface area contributed by atoms with Gasteiger partial charge in [0, 0.05) is 0 Å². The minimum absolute atomic E-state index is 0.108. The molecule has 0 aromatic heterocycles. The molecule has 0 heterocycles. The molecule has 0 aromatic rings. The number of hydrogen-bond donors (Lipinski definition) is 0. The molecular formula is C9H18BClO5S2. The first-order chi connectivity index (χ1) is 8.96. The largest absolute Gasteiger partial charge is 0.458 e. The van der Waals surface area contributed by atoms with Crippen LogP contribution in [-0.4, -0.2) is 53.2 Å². The smallest absolute Gasteiger partial charge is 0.340 e. The minimum atomic E-state index is -3.87. The molecule has 0 saturated carbocycles. The molecule has 5 nitrogen and oxygen atoms in total. The number of alkyl halides is 1. The Morgan fingerprint density at radius 3 is 2.78 bits per heavy atom. The van der Waals surface area contributed by atoms with Crippen LogP contribution in [0.4, 0.5) is 0 Å². The summed E-state index contributed by atoms with van der Waals surface area (Å²) in [6, 6.07) is 0. The Morgan fingerprint density at radius 1 is 1.67 bits per heavy atom. The third-order valence-electron chi connectivity index (χ3n) is 1.51. The van der Waals surface area contributed by atoms with Crippen LogP contribution >= 0.6 is 23.6 Å². The van der Waals surface area contributed by atoms with Crippen molar-refractivity contribution >= 4 is 47.2 Å². The number of carbonyl (C=O) groups excluding carboxylic acids is 1. The zero-order valence-electron chi connectivity index (χ0n) is 12.5. The van der Waals surface area contributed by atoms with Gasteiger partial charge in [0.15, 0.2) is 9.84 Å². The van der Waals surface area contributed by atoms with Crippen LogP contribution < -0.4 is 0 Å². The highest BCUT2D eigenvalue weighted by molar-refractivity contribution is 7.96. The fourth-order valence-corrected chi connectivity index (χ4v) is 2.43. The number of sulfone groups is 1. The van der Waals surface area contributed by atoms with Crippen LogP contribution in [0.5, 0.6) is 0 Å². The molecule has 18 heavy (non-hydrogen) atoms. The van der Waals surface area contributed by atoms with E-state index in [4.69, 9.17) is 23.2 Å². The first kappa shape index (κ1) is 14.5. The summed E-state index contributed by atoms with van der Waals surface area (Å²) in [5.41, 5.74) is -0.709. The van der Waals surface area contributed by atoms with E-state index in [0.29, 0.717) is 0 Å². The number of esters is 1. The molecule has 0 spiro atoms. The van der Waals surface area contributed by atoms with E-state index in [0.717, 1.165) is 12.0 Å². The molecule has 106 valence electrons. The van der Waals surface area contributed by atoms with Crippen molar-refractivity contribution < 1.29 is 22.1 Å². The summed E-state index contributed by atoms with van der Waals surface area (Å²) in [4.78, 5) is 11.6. The molecule has 0 N–H and O–H groups in total. The fourth-order valence-electron chi connectivity index (χ4n) is 0.855. The second-order valence-electron chi connectivity index (χ2n) is 4.32. The first-order valence-corrected chi connectivity index (χ1v) is 8.19. The van der Waals surface area contributed by atoms with Crippen molar-refractivity contribution in [2.75, 3.05) is 18.0 Å². The van der Waals surface area contributed by atoms with E-state index in [1.165, 1.54) is 0 Å². The van der Waals surface area contributed by atoms with E-state index in [-0.39, 0.29) is 12.3 Å². The Labute approximate surface area is 121 Å². The molecule has 0 aliphatic heterocycles. The average molecular weight is 320 g/mol. The molecule has 0 aliphatic rings. The summed E-state index contributed by atoms with van der Waals surface area (Å²) in [7, 11) is -4.92. The second-order valence-corrected chi connectivity index (χ2v) is 8.03. The topological polar surface area (TPSA) is 69.7 Å². The Balaban J connectivity index is 4.25. The van der Waals surface area contributed by atoms with Gasteiger partial charge in [0.2, 0.25) is 4.71 Å². The quantitative estimate of drug-likeness (QED) is 0.214. The molecule has 0 radical (unpaired) electrons.